The molecule has 1 radical (unpaired) electrons. The first-order chi connectivity index (χ1) is 8.34. The fraction of sp³-hybridized carbons (Fsp3) is 0. The molecule has 2 aromatic carbocycles. The van der Waals surface area contributed by atoms with Crippen molar-refractivity contribution in [2.24, 2.45) is 0 Å². The molecule has 0 amide bonds. The summed E-state index contributed by atoms with van der Waals surface area (Å²) < 4.78 is 13.6. The molecule has 17 heavy (non-hydrogen) atoms. The summed E-state index contributed by atoms with van der Waals surface area (Å²) in [5.41, 5.74) is 2.13. The number of para-hydroxylation sites is 1. The van der Waals surface area contributed by atoms with Gasteiger partial charge in [0.05, 0.1) is 5.52 Å². The number of fused-ring (bicyclic) bond motifs is 1. The Morgan fingerprint density at radius 2 is 1.94 bits per heavy atom. The summed E-state index contributed by atoms with van der Waals surface area (Å²) in [5, 5.41) is 1.00. The number of rotatable bonds is 1. The maximum absolute atomic E-state index is 13.6. The van der Waals surface area contributed by atoms with E-state index in [1.807, 2.05) is 30.3 Å². The molecule has 0 saturated heterocycles. The molecular weight excluding hydrogens is 213 g/mol. The third-order valence-electron chi connectivity index (χ3n) is 2.68. The highest BCUT2D eigenvalue weighted by Gasteiger charge is 2.05. The zero-order chi connectivity index (χ0) is 11.7. The maximum atomic E-state index is 13.6. The molecule has 0 N–H and O–H groups in total. The standard InChI is InChI=1S/C15H9FN/c16-14-7-3-2-6-13(14)12-9-11-5-1-4-8-15(11)17-10-12/h1-5,7-10H. The quantitative estimate of drug-likeness (QED) is 0.609. The van der Waals surface area contributed by atoms with Gasteiger partial charge in [0, 0.05) is 22.7 Å². The molecule has 0 aliphatic heterocycles. The maximum Gasteiger partial charge on any atom is 0.131 e. The largest absolute Gasteiger partial charge is 0.256 e. The average Bonchev–Trinajstić information content (AvgIpc) is 2.39. The molecular formula is C15H9FN. The van der Waals surface area contributed by atoms with Crippen LogP contribution in [0.5, 0.6) is 0 Å². The van der Waals surface area contributed by atoms with Gasteiger partial charge in [-0.25, -0.2) is 4.39 Å². The Labute approximate surface area is 98.6 Å². The Morgan fingerprint density at radius 1 is 1.06 bits per heavy atom. The monoisotopic (exact) mass is 222 g/mol. The van der Waals surface area contributed by atoms with Gasteiger partial charge in [-0.2, -0.15) is 0 Å². The van der Waals surface area contributed by atoms with Crippen molar-refractivity contribution in [1.29, 1.82) is 0 Å². The summed E-state index contributed by atoms with van der Waals surface area (Å²) >= 11 is 0. The fourth-order valence-corrected chi connectivity index (χ4v) is 1.85. The minimum absolute atomic E-state index is 0.274. The van der Waals surface area contributed by atoms with Gasteiger partial charge in [-0.1, -0.05) is 30.3 Å². The van der Waals surface area contributed by atoms with Crippen molar-refractivity contribution in [1.82, 2.24) is 4.98 Å². The van der Waals surface area contributed by atoms with Crippen LogP contribution < -0.4 is 0 Å². The molecule has 0 saturated carbocycles. The minimum Gasteiger partial charge on any atom is -0.256 e. The van der Waals surface area contributed by atoms with Gasteiger partial charge in [0.2, 0.25) is 0 Å². The average molecular weight is 222 g/mol. The molecule has 1 aromatic heterocycles. The molecule has 81 valence electrons. The smallest absolute Gasteiger partial charge is 0.131 e. The van der Waals surface area contributed by atoms with Crippen LogP contribution in [0.2, 0.25) is 0 Å². The van der Waals surface area contributed by atoms with Gasteiger partial charge in [-0.05, 0) is 24.3 Å². The molecule has 2 heteroatoms. The number of halogens is 1. The van der Waals surface area contributed by atoms with Crippen molar-refractivity contribution in [2.45, 2.75) is 0 Å². The topological polar surface area (TPSA) is 12.9 Å². The van der Waals surface area contributed by atoms with Gasteiger partial charge >= 0.3 is 0 Å². The molecule has 0 bridgehead atoms. The first kappa shape index (κ1) is 9.97. The summed E-state index contributed by atoms with van der Waals surface area (Å²) in [6, 6.07) is 17.4. The Morgan fingerprint density at radius 3 is 2.82 bits per heavy atom. The predicted molar refractivity (Wildman–Crippen MR) is 66.0 cm³/mol. The normalized spacial score (nSPS) is 10.6. The number of benzene rings is 2. The number of hydrogen-bond donors (Lipinski definition) is 0. The lowest BCUT2D eigenvalue weighted by molar-refractivity contribution is 0.631. The van der Waals surface area contributed by atoms with Gasteiger partial charge in [-0.15, -0.1) is 0 Å². The van der Waals surface area contributed by atoms with E-state index in [1.165, 1.54) is 6.07 Å². The van der Waals surface area contributed by atoms with E-state index < -0.39 is 0 Å². The van der Waals surface area contributed by atoms with Crippen LogP contribution in [0.3, 0.4) is 0 Å². The summed E-state index contributed by atoms with van der Waals surface area (Å²) in [7, 11) is 0. The van der Waals surface area contributed by atoms with E-state index in [9.17, 15) is 4.39 Å². The van der Waals surface area contributed by atoms with Gasteiger partial charge < -0.3 is 0 Å². The molecule has 0 aliphatic rings. The van der Waals surface area contributed by atoms with Crippen molar-refractivity contribution >= 4 is 10.9 Å². The van der Waals surface area contributed by atoms with Gasteiger partial charge in [-0.3, -0.25) is 4.98 Å². The minimum atomic E-state index is -0.274. The van der Waals surface area contributed by atoms with Crippen molar-refractivity contribution < 1.29 is 4.39 Å². The first-order valence-corrected chi connectivity index (χ1v) is 5.36. The highest BCUT2D eigenvalue weighted by atomic mass is 19.1. The zero-order valence-corrected chi connectivity index (χ0v) is 9.02. The first-order valence-electron chi connectivity index (χ1n) is 5.36. The molecule has 0 spiro atoms. The second kappa shape index (κ2) is 3.98. The van der Waals surface area contributed by atoms with Gasteiger partial charge in [0.25, 0.3) is 0 Å². The van der Waals surface area contributed by atoms with E-state index in [4.69, 9.17) is 0 Å². The van der Waals surface area contributed by atoms with Crippen LogP contribution in [0.4, 0.5) is 4.39 Å². The Kier molecular flexibility index (Phi) is 2.33. The number of pyridine rings is 1. The van der Waals surface area contributed by atoms with E-state index >= 15 is 0 Å². The molecule has 0 fully saturated rings. The van der Waals surface area contributed by atoms with Crippen LogP contribution in [0.15, 0.2) is 54.7 Å². The molecule has 1 nitrogen and oxygen atoms in total. The molecule has 0 unspecified atom stereocenters. The Bertz CT molecular complexity index is 676. The summed E-state index contributed by atoms with van der Waals surface area (Å²) in [5.74, 6) is -0.274. The predicted octanol–water partition coefficient (Wildman–Crippen LogP) is 3.84. The Balaban J connectivity index is 2.22. The van der Waals surface area contributed by atoms with E-state index in [2.05, 4.69) is 11.1 Å². The highest BCUT2D eigenvalue weighted by Crippen LogP contribution is 2.24. The van der Waals surface area contributed by atoms with Crippen molar-refractivity contribution in [3.8, 4) is 11.1 Å². The molecule has 3 aromatic rings. The van der Waals surface area contributed by atoms with Crippen LogP contribution in [-0.2, 0) is 0 Å². The molecule has 1 heterocycles. The van der Waals surface area contributed by atoms with Crippen LogP contribution in [0.1, 0.15) is 0 Å². The lowest BCUT2D eigenvalue weighted by Crippen LogP contribution is -1.86. The van der Waals surface area contributed by atoms with Gasteiger partial charge in [0.15, 0.2) is 0 Å². The van der Waals surface area contributed by atoms with Crippen LogP contribution >= 0.6 is 0 Å². The SMILES string of the molecule is Fc1ccc[c]c1-c1cnc2ccccc2c1. The second-order valence-corrected chi connectivity index (χ2v) is 3.81. The number of hydrogen-bond acceptors (Lipinski definition) is 1. The van der Waals surface area contributed by atoms with Gasteiger partial charge in [0.1, 0.15) is 5.82 Å². The lowest BCUT2D eigenvalue weighted by atomic mass is 10.1. The summed E-state index contributed by atoms with van der Waals surface area (Å²) in [6.07, 6.45) is 1.68. The fourth-order valence-electron chi connectivity index (χ4n) is 1.85. The third-order valence-corrected chi connectivity index (χ3v) is 2.68. The van der Waals surface area contributed by atoms with E-state index in [0.717, 1.165) is 16.5 Å². The summed E-state index contributed by atoms with van der Waals surface area (Å²) in [6.45, 7) is 0. The zero-order valence-electron chi connectivity index (χ0n) is 9.02. The van der Waals surface area contributed by atoms with Crippen molar-refractivity contribution in [3.05, 3.63) is 66.6 Å². The highest BCUT2D eigenvalue weighted by molar-refractivity contribution is 5.83. The Hall–Kier alpha value is -2.22. The molecule has 0 atom stereocenters. The van der Waals surface area contributed by atoms with E-state index in [-0.39, 0.29) is 5.82 Å². The van der Waals surface area contributed by atoms with Crippen molar-refractivity contribution in [3.63, 3.8) is 0 Å². The van der Waals surface area contributed by atoms with Crippen molar-refractivity contribution in [2.75, 3.05) is 0 Å². The number of aromatic nitrogens is 1. The van der Waals surface area contributed by atoms with Crippen LogP contribution in [0, 0.1) is 11.9 Å². The van der Waals surface area contributed by atoms with E-state index in [0.29, 0.717) is 5.56 Å². The second-order valence-electron chi connectivity index (χ2n) is 3.81. The third kappa shape index (κ3) is 1.78. The number of nitrogens with zero attached hydrogens (tertiary/aromatic N) is 1. The van der Waals surface area contributed by atoms with Crippen LogP contribution in [-0.4, -0.2) is 4.98 Å². The van der Waals surface area contributed by atoms with Crippen LogP contribution in [0.25, 0.3) is 22.0 Å². The lowest BCUT2D eigenvalue weighted by Gasteiger charge is -2.03. The molecule has 0 aliphatic carbocycles. The summed E-state index contributed by atoms with van der Waals surface area (Å²) in [4.78, 5) is 4.31. The van der Waals surface area contributed by atoms with E-state index in [1.54, 1.807) is 18.3 Å². The molecule has 3 rings (SSSR count).